The van der Waals surface area contributed by atoms with Crippen molar-refractivity contribution in [2.24, 2.45) is 0 Å². The molecule has 3 aromatic carbocycles. The highest BCUT2D eigenvalue weighted by Gasteiger charge is 2.24. The van der Waals surface area contributed by atoms with Crippen LogP contribution in [0.15, 0.2) is 76.5 Å². The first-order valence-electron chi connectivity index (χ1n) is 11.6. The third kappa shape index (κ3) is 5.45. The van der Waals surface area contributed by atoms with Gasteiger partial charge in [-0.2, -0.15) is 0 Å². The van der Waals surface area contributed by atoms with Gasteiger partial charge >= 0.3 is 6.03 Å². The van der Waals surface area contributed by atoms with Gasteiger partial charge in [-0.05, 0) is 59.7 Å². The molecule has 176 valence electrons. The fraction of sp³-hybridized carbons (Fsp3) is 0.286. The first-order valence-corrected chi connectivity index (χ1v) is 12.4. The van der Waals surface area contributed by atoms with Crippen molar-refractivity contribution in [3.8, 4) is 0 Å². The normalized spacial score (nSPS) is 13.1. The zero-order valence-electron chi connectivity index (χ0n) is 20.1. The van der Waals surface area contributed by atoms with Gasteiger partial charge in [0.15, 0.2) is 0 Å². The summed E-state index contributed by atoms with van der Waals surface area (Å²) < 4.78 is 0. The molecule has 0 fully saturated rings. The molecule has 1 aliphatic rings. The lowest BCUT2D eigenvalue weighted by Gasteiger charge is -2.19. The van der Waals surface area contributed by atoms with Crippen molar-refractivity contribution in [1.29, 1.82) is 0 Å². The zero-order chi connectivity index (χ0) is 24.3. The van der Waals surface area contributed by atoms with Gasteiger partial charge in [-0.1, -0.05) is 68.9 Å². The molecular weight excluding hydrogens is 442 g/mol. The fourth-order valence-electron chi connectivity index (χ4n) is 3.95. The van der Waals surface area contributed by atoms with Crippen molar-refractivity contribution >= 4 is 35.1 Å². The summed E-state index contributed by atoms with van der Waals surface area (Å²) in [6.45, 7) is 7.23. The van der Waals surface area contributed by atoms with Gasteiger partial charge in [0.1, 0.15) is 0 Å². The van der Waals surface area contributed by atoms with Crippen LogP contribution in [0.4, 0.5) is 16.2 Å². The molecule has 0 aromatic heterocycles. The maximum Gasteiger partial charge on any atom is 0.319 e. The number of benzene rings is 3. The van der Waals surface area contributed by atoms with Crippen molar-refractivity contribution in [3.63, 3.8) is 0 Å². The van der Waals surface area contributed by atoms with Crippen molar-refractivity contribution < 1.29 is 9.59 Å². The Morgan fingerprint density at radius 1 is 0.971 bits per heavy atom. The molecule has 0 saturated carbocycles. The largest absolute Gasteiger partial charge is 0.338 e. The molecule has 6 heteroatoms. The highest BCUT2D eigenvalue weighted by atomic mass is 32.2. The number of carbonyl (C=O) groups excluding carboxylic acids is 2. The molecule has 0 atom stereocenters. The lowest BCUT2D eigenvalue weighted by atomic mass is 9.86. The number of hydrogen-bond donors (Lipinski definition) is 2. The van der Waals surface area contributed by atoms with Crippen LogP contribution in [0.1, 0.15) is 48.7 Å². The van der Waals surface area contributed by atoms with Crippen LogP contribution in [0.5, 0.6) is 0 Å². The molecule has 0 aliphatic carbocycles. The number of fused-ring (bicyclic) bond motifs is 2. The molecule has 0 bridgehead atoms. The fourth-order valence-corrected chi connectivity index (χ4v) is 5.03. The number of carbonyl (C=O) groups is 2. The molecule has 0 saturated heterocycles. The van der Waals surface area contributed by atoms with E-state index in [1.165, 1.54) is 11.1 Å². The summed E-state index contributed by atoms with van der Waals surface area (Å²) in [5.41, 5.74) is 4.85. The molecule has 3 aromatic rings. The first-order chi connectivity index (χ1) is 16.2. The summed E-state index contributed by atoms with van der Waals surface area (Å²) in [6.07, 6.45) is 1.77. The van der Waals surface area contributed by atoms with Gasteiger partial charge < -0.3 is 15.5 Å². The number of anilines is 2. The number of nitrogens with zero attached hydrogens (tertiary/aromatic N) is 1. The van der Waals surface area contributed by atoms with Crippen LogP contribution in [-0.2, 0) is 11.8 Å². The van der Waals surface area contributed by atoms with E-state index in [0.29, 0.717) is 17.8 Å². The van der Waals surface area contributed by atoms with E-state index in [4.69, 9.17) is 0 Å². The number of aryl methyl sites for hydroxylation is 1. The van der Waals surface area contributed by atoms with Crippen LogP contribution in [-0.4, -0.2) is 25.5 Å². The Labute approximate surface area is 205 Å². The van der Waals surface area contributed by atoms with Crippen LogP contribution in [0.3, 0.4) is 0 Å². The molecule has 0 unspecified atom stereocenters. The van der Waals surface area contributed by atoms with Crippen molar-refractivity contribution in [1.82, 2.24) is 5.32 Å². The third-order valence-corrected chi connectivity index (χ3v) is 7.08. The van der Waals surface area contributed by atoms with Gasteiger partial charge in [0.05, 0.1) is 11.3 Å². The molecule has 0 radical (unpaired) electrons. The van der Waals surface area contributed by atoms with Crippen LogP contribution in [0.2, 0.25) is 0 Å². The molecule has 3 amide bonds. The van der Waals surface area contributed by atoms with Gasteiger partial charge in [0.25, 0.3) is 5.91 Å². The Morgan fingerprint density at radius 3 is 2.56 bits per heavy atom. The Balaban J connectivity index is 1.34. The van der Waals surface area contributed by atoms with Gasteiger partial charge in [0, 0.05) is 29.1 Å². The van der Waals surface area contributed by atoms with Gasteiger partial charge in [-0.3, -0.25) is 4.79 Å². The quantitative estimate of drug-likeness (QED) is 0.417. The van der Waals surface area contributed by atoms with Crippen LogP contribution >= 0.6 is 11.8 Å². The second-order valence-corrected chi connectivity index (χ2v) is 10.7. The maximum absolute atomic E-state index is 12.9. The smallest absolute Gasteiger partial charge is 0.319 e. The molecule has 2 N–H and O–H groups in total. The molecule has 1 aliphatic heterocycles. The highest BCUT2D eigenvalue weighted by molar-refractivity contribution is 7.99. The number of amides is 3. The standard InChI is InChI=1S/C28H31N3O2S/c1-28(2,3)20-11-7-9-19(17-20)10-8-16-29-27(33)30-21-14-15-25-23(18-21)31(4)26(32)22-12-5-6-13-24(22)34-25/h5-7,9,11-15,17-18H,8,10,16H2,1-4H3,(H2,29,30,33). The molecule has 4 rings (SSSR count). The number of hydrogen-bond acceptors (Lipinski definition) is 3. The highest BCUT2D eigenvalue weighted by Crippen LogP contribution is 2.41. The van der Waals surface area contributed by atoms with E-state index in [-0.39, 0.29) is 17.4 Å². The Hall–Kier alpha value is -3.25. The third-order valence-electron chi connectivity index (χ3n) is 5.94. The Bertz CT molecular complexity index is 1220. The minimum Gasteiger partial charge on any atom is -0.338 e. The van der Waals surface area contributed by atoms with E-state index in [2.05, 4.69) is 55.7 Å². The second-order valence-electron chi connectivity index (χ2n) is 9.58. The Kier molecular flexibility index (Phi) is 6.98. The van der Waals surface area contributed by atoms with Crippen LogP contribution < -0.4 is 15.5 Å². The van der Waals surface area contributed by atoms with Gasteiger partial charge in [-0.25, -0.2) is 4.79 Å². The second kappa shape index (κ2) is 9.94. The van der Waals surface area contributed by atoms with Crippen molar-refractivity contribution in [2.45, 2.75) is 48.8 Å². The van der Waals surface area contributed by atoms with E-state index in [9.17, 15) is 9.59 Å². The molecule has 34 heavy (non-hydrogen) atoms. The average Bonchev–Trinajstić information content (AvgIpc) is 2.91. The number of rotatable bonds is 5. The van der Waals surface area contributed by atoms with Gasteiger partial charge in [0.2, 0.25) is 0 Å². The lowest BCUT2D eigenvalue weighted by Crippen LogP contribution is -2.30. The number of nitrogens with one attached hydrogen (secondary N) is 2. The monoisotopic (exact) mass is 473 g/mol. The summed E-state index contributed by atoms with van der Waals surface area (Å²) in [7, 11) is 1.77. The van der Waals surface area contributed by atoms with Crippen LogP contribution in [0, 0.1) is 0 Å². The van der Waals surface area contributed by atoms with E-state index in [1.807, 2.05) is 42.5 Å². The minimum absolute atomic E-state index is 0.0565. The molecular formula is C28H31N3O2S. The van der Waals surface area contributed by atoms with E-state index in [0.717, 1.165) is 28.3 Å². The van der Waals surface area contributed by atoms with Crippen molar-refractivity contribution in [3.05, 3.63) is 83.4 Å². The van der Waals surface area contributed by atoms with E-state index in [1.54, 1.807) is 23.7 Å². The predicted octanol–water partition coefficient (Wildman–Crippen LogP) is 6.48. The minimum atomic E-state index is -0.248. The molecule has 0 spiro atoms. The zero-order valence-corrected chi connectivity index (χ0v) is 21.0. The summed E-state index contributed by atoms with van der Waals surface area (Å²) >= 11 is 1.56. The first kappa shape index (κ1) is 23.9. The summed E-state index contributed by atoms with van der Waals surface area (Å²) in [6, 6.07) is 21.7. The number of urea groups is 1. The molecule has 5 nitrogen and oxygen atoms in total. The van der Waals surface area contributed by atoms with Crippen LogP contribution in [0.25, 0.3) is 0 Å². The predicted molar refractivity (Wildman–Crippen MR) is 140 cm³/mol. The maximum atomic E-state index is 12.9. The lowest BCUT2D eigenvalue weighted by molar-refractivity contribution is 0.0990. The van der Waals surface area contributed by atoms with E-state index >= 15 is 0 Å². The van der Waals surface area contributed by atoms with Gasteiger partial charge in [-0.15, -0.1) is 0 Å². The summed E-state index contributed by atoms with van der Waals surface area (Å²) in [5.74, 6) is -0.0565. The molecule has 1 heterocycles. The Morgan fingerprint density at radius 2 is 1.76 bits per heavy atom. The topological polar surface area (TPSA) is 61.4 Å². The van der Waals surface area contributed by atoms with Crippen molar-refractivity contribution in [2.75, 3.05) is 23.8 Å². The SMILES string of the molecule is CN1C(=O)c2ccccc2Sc2ccc(NC(=O)NCCCc3cccc(C(C)(C)C)c3)cc21. The summed E-state index contributed by atoms with van der Waals surface area (Å²) in [4.78, 5) is 28.9. The average molecular weight is 474 g/mol. The van der Waals surface area contributed by atoms with E-state index < -0.39 is 0 Å². The summed E-state index contributed by atoms with van der Waals surface area (Å²) in [5, 5.41) is 5.84.